The molecule has 7 nitrogen and oxygen atoms in total. The number of rotatable bonds is 7. The molecular formula is C25H31N3O4. The van der Waals surface area contributed by atoms with Crippen molar-refractivity contribution in [3.8, 4) is 5.75 Å². The summed E-state index contributed by atoms with van der Waals surface area (Å²) in [6, 6.07) is 15.0. The van der Waals surface area contributed by atoms with Crippen molar-refractivity contribution in [2.75, 3.05) is 38.6 Å². The highest BCUT2D eigenvalue weighted by Crippen LogP contribution is 2.21. The van der Waals surface area contributed by atoms with Gasteiger partial charge < -0.3 is 19.9 Å². The van der Waals surface area contributed by atoms with Gasteiger partial charge in [0.25, 0.3) is 5.91 Å². The van der Waals surface area contributed by atoms with E-state index in [1.807, 2.05) is 62.4 Å². The third-order valence-electron chi connectivity index (χ3n) is 5.94. The molecule has 1 saturated heterocycles. The third-order valence-corrected chi connectivity index (χ3v) is 5.94. The van der Waals surface area contributed by atoms with Crippen LogP contribution in [0, 0.1) is 19.8 Å². The number of nitrogens with zero attached hydrogens (tertiary/aromatic N) is 2. The first-order chi connectivity index (χ1) is 15.3. The van der Waals surface area contributed by atoms with Crippen molar-refractivity contribution in [3.63, 3.8) is 0 Å². The Balaban J connectivity index is 1.43. The van der Waals surface area contributed by atoms with Gasteiger partial charge in [0.1, 0.15) is 5.75 Å². The average Bonchev–Trinajstić information content (AvgIpc) is 2.80. The third kappa shape index (κ3) is 6.09. The molecule has 2 aromatic carbocycles. The van der Waals surface area contributed by atoms with Crippen LogP contribution >= 0.6 is 0 Å². The highest BCUT2D eigenvalue weighted by Gasteiger charge is 2.29. The summed E-state index contributed by atoms with van der Waals surface area (Å²) in [6.45, 7) is 4.95. The molecule has 0 spiro atoms. The maximum atomic E-state index is 12.8. The fourth-order valence-corrected chi connectivity index (χ4v) is 3.81. The van der Waals surface area contributed by atoms with Crippen LogP contribution < -0.4 is 10.1 Å². The van der Waals surface area contributed by atoms with Crippen LogP contribution in [0.25, 0.3) is 0 Å². The molecule has 0 atom stereocenters. The number of carbonyl (C=O) groups is 3. The molecule has 1 aliphatic rings. The minimum absolute atomic E-state index is 0.00369. The summed E-state index contributed by atoms with van der Waals surface area (Å²) in [6.07, 6.45) is 1.16. The van der Waals surface area contributed by atoms with Crippen molar-refractivity contribution >= 4 is 23.4 Å². The number of nitrogens with one attached hydrogen (secondary N) is 1. The highest BCUT2D eigenvalue weighted by atomic mass is 16.5. The molecule has 1 fully saturated rings. The minimum Gasteiger partial charge on any atom is -0.484 e. The first-order valence-corrected chi connectivity index (χ1v) is 10.9. The fraction of sp³-hybridized carbons (Fsp3) is 0.400. The van der Waals surface area contributed by atoms with E-state index >= 15 is 0 Å². The number of anilines is 1. The van der Waals surface area contributed by atoms with Gasteiger partial charge >= 0.3 is 0 Å². The maximum absolute atomic E-state index is 12.8. The van der Waals surface area contributed by atoms with Crippen molar-refractivity contribution in [1.29, 1.82) is 0 Å². The Morgan fingerprint density at radius 3 is 2.41 bits per heavy atom. The number of likely N-dealkylation sites (N-methyl/N-ethyl adjacent to an activating group) is 1. The normalized spacial score (nSPS) is 14.0. The second-order valence-electron chi connectivity index (χ2n) is 8.25. The van der Waals surface area contributed by atoms with Gasteiger partial charge in [-0.2, -0.15) is 0 Å². The number of amides is 3. The molecule has 3 amide bonds. The quantitative estimate of drug-likeness (QED) is 0.722. The Hall–Kier alpha value is -3.35. The number of hydrogen-bond donors (Lipinski definition) is 1. The molecule has 0 saturated carbocycles. The van der Waals surface area contributed by atoms with E-state index in [4.69, 9.17) is 4.74 Å². The molecule has 0 unspecified atom stereocenters. The average molecular weight is 438 g/mol. The number of hydrogen-bond acceptors (Lipinski definition) is 4. The van der Waals surface area contributed by atoms with E-state index in [0.717, 1.165) is 16.8 Å². The van der Waals surface area contributed by atoms with Crippen molar-refractivity contribution in [1.82, 2.24) is 9.80 Å². The van der Waals surface area contributed by atoms with Crippen molar-refractivity contribution in [2.45, 2.75) is 26.7 Å². The van der Waals surface area contributed by atoms with E-state index in [2.05, 4.69) is 5.32 Å². The van der Waals surface area contributed by atoms with E-state index in [1.165, 1.54) is 4.90 Å². The van der Waals surface area contributed by atoms with Gasteiger partial charge in [-0.3, -0.25) is 14.4 Å². The van der Waals surface area contributed by atoms with E-state index in [0.29, 0.717) is 31.7 Å². The monoisotopic (exact) mass is 437 g/mol. The van der Waals surface area contributed by atoms with Gasteiger partial charge in [0, 0.05) is 31.7 Å². The van der Waals surface area contributed by atoms with Gasteiger partial charge in [0.2, 0.25) is 11.8 Å². The zero-order valence-electron chi connectivity index (χ0n) is 19.0. The topological polar surface area (TPSA) is 79.0 Å². The largest absolute Gasteiger partial charge is 0.484 e. The Morgan fingerprint density at radius 1 is 1.03 bits per heavy atom. The number of ether oxygens (including phenoxy) is 1. The van der Waals surface area contributed by atoms with E-state index in [9.17, 15) is 14.4 Å². The second-order valence-corrected chi connectivity index (χ2v) is 8.25. The molecule has 2 aromatic rings. The first kappa shape index (κ1) is 23.3. The first-order valence-electron chi connectivity index (χ1n) is 10.9. The summed E-state index contributed by atoms with van der Waals surface area (Å²) in [5.74, 6) is 0.106. The summed E-state index contributed by atoms with van der Waals surface area (Å²) in [4.78, 5) is 40.9. The van der Waals surface area contributed by atoms with Crippen LogP contribution in [0.15, 0.2) is 48.5 Å². The Kier molecular flexibility index (Phi) is 7.87. The molecule has 0 radical (unpaired) electrons. The Morgan fingerprint density at radius 2 is 1.72 bits per heavy atom. The lowest BCUT2D eigenvalue weighted by Gasteiger charge is -2.33. The van der Waals surface area contributed by atoms with Gasteiger partial charge in [0.15, 0.2) is 6.61 Å². The summed E-state index contributed by atoms with van der Waals surface area (Å²) in [5, 5.41) is 2.89. The number of likely N-dealkylation sites (tertiary alicyclic amines) is 1. The number of aryl methyl sites for hydroxylation is 1. The Bertz CT molecular complexity index is 953. The molecule has 1 N–H and O–H groups in total. The van der Waals surface area contributed by atoms with Crippen molar-refractivity contribution < 1.29 is 19.1 Å². The summed E-state index contributed by atoms with van der Waals surface area (Å²) in [7, 11) is 1.65. The molecule has 3 rings (SSSR count). The van der Waals surface area contributed by atoms with E-state index in [1.54, 1.807) is 11.9 Å². The van der Waals surface area contributed by atoms with Crippen LogP contribution in [0.3, 0.4) is 0 Å². The number of carbonyl (C=O) groups excluding carboxylic acids is 3. The molecular weight excluding hydrogens is 406 g/mol. The second kappa shape index (κ2) is 10.8. The lowest BCUT2D eigenvalue weighted by Crippen LogP contribution is -2.46. The van der Waals surface area contributed by atoms with Crippen LogP contribution in [-0.4, -0.2) is 60.8 Å². The smallest absolute Gasteiger partial charge is 0.260 e. The molecule has 0 aromatic heterocycles. The van der Waals surface area contributed by atoms with Crippen molar-refractivity contribution in [3.05, 3.63) is 59.7 Å². The highest BCUT2D eigenvalue weighted by molar-refractivity contribution is 5.95. The van der Waals surface area contributed by atoms with Crippen LogP contribution in [0.2, 0.25) is 0 Å². The van der Waals surface area contributed by atoms with Crippen molar-refractivity contribution in [2.24, 2.45) is 5.92 Å². The maximum Gasteiger partial charge on any atom is 0.260 e. The zero-order valence-corrected chi connectivity index (χ0v) is 19.0. The van der Waals surface area contributed by atoms with E-state index < -0.39 is 0 Å². The number of benzene rings is 2. The minimum atomic E-state index is -0.222. The van der Waals surface area contributed by atoms with Gasteiger partial charge in [0.05, 0.1) is 6.54 Å². The molecule has 1 heterocycles. The van der Waals surface area contributed by atoms with Crippen LogP contribution in [-0.2, 0) is 14.4 Å². The standard InChI is InChI=1S/C25H31N3O4/c1-18-8-7-11-22(19(18)2)26-23(29)16-27(3)25(31)20-12-14-28(15-13-20)24(30)17-32-21-9-5-4-6-10-21/h4-11,20H,12-17H2,1-3H3,(H,26,29). The molecule has 32 heavy (non-hydrogen) atoms. The van der Waals surface area contributed by atoms with E-state index in [-0.39, 0.29) is 36.8 Å². The lowest BCUT2D eigenvalue weighted by atomic mass is 9.95. The SMILES string of the molecule is Cc1cccc(NC(=O)CN(C)C(=O)C2CCN(C(=O)COc3ccccc3)CC2)c1C. The number of piperidine rings is 1. The predicted molar refractivity (Wildman–Crippen MR) is 123 cm³/mol. The molecule has 0 bridgehead atoms. The zero-order chi connectivity index (χ0) is 23.1. The van der Waals surface area contributed by atoms with Gasteiger partial charge in [-0.1, -0.05) is 30.3 Å². The molecule has 170 valence electrons. The molecule has 1 aliphatic heterocycles. The summed E-state index contributed by atoms with van der Waals surface area (Å²) >= 11 is 0. The van der Waals surface area contributed by atoms with Crippen LogP contribution in [0.1, 0.15) is 24.0 Å². The van der Waals surface area contributed by atoms with Gasteiger partial charge in [-0.15, -0.1) is 0 Å². The predicted octanol–water partition coefficient (Wildman–Crippen LogP) is 3.02. The molecule has 0 aliphatic carbocycles. The summed E-state index contributed by atoms with van der Waals surface area (Å²) in [5.41, 5.74) is 2.88. The Labute approximate surface area is 189 Å². The fourth-order valence-electron chi connectivity index (χ4n) is 3.81. The lowest BCUT2D eigenvalue weighted by molar-refractivity contribution is -0.141. The summed E-state index contributed by atoms with van der Waals surface area (Å²) < 4.78 is 5.53. The van der Waals surface area contributed by atoms with Crippen LogP contribution in [0.4, 0.5) is 5.69 Å². The van der Waals surface area contributed by atoms with Gasteiger partial charge in [-0.05, 0) is 56.0 Å². The van der Waals surface area contributed by atoms with Crippen LogP contribution in [0.5, 0.6) is 5.75 Å². The molecule has 7 heteroatoms. The van der Waals surface area contributed by atoms with Gasteiger partial charge in [-0.25, -0.2) is 0 Å². The number of para-hydroxylation sites is 1.